The fourth-order valence-electron chi connectivity index (χ4n) is 3.92. The van der Waals surface area contributed by atoms with Crippen molar-refractivity contribution in [2.45, 2.75) is 6.61 Å². The predicted octanol–water partition coefficient (Wildman–Crippen LogP) is 4.20. The van der Waals surface area contributed by atoms with Crippen molar-refractivity contribution in [2.24, 2.45) is 0 Å². The van der Waals surface area contributed by atoms with Crippen LogP contribution in [0.25, 0.3) is 0 Å². The lowest BCUT2D eigenvalue weighted by Crippen LogP contribution is -2.71. The van der Waals surface area contributed by atoms with Crippen LogP contribution in [-0.2, 0) is 11.0 Å². The maximum absolute atomic E-state index is 15.3. The molecule has 0 aromatic heterocycles. The van der Waals surface area contributed by atoms with Gasteiger partial charge in [0, 0.05) is 23.4 Å². The predicted molar refractivity (Wildman–Crippen MR) is 122 cm³/mol. The molecule has 0 saturated carbocycles. The summed E-state index contributed by atoms with van der Waals surface area (Å²) in [5.74, 6) is -3.19. The minimum atomic E-state index is -3.92. The highest BCUT2D eigenvalue weighted by molar-refractivity contribution is 7.07. The van der Waals surface area contributed by atoms with Crippen LogP contribution in [0.2, 0.25) is 0 Å². The zero-order chi connectivity index (χ0) is 23.4. The quantitative estimate of drug-likeness (QED) is 0.178. The van der Waals surface area contributed by atoms with Crippen molar-refractivity contribution in [1.29, 1.82) is 0 Å². The van der Waals surface area contributed by atoms with Gasteiger partial charge in [0.25, 0.3) is 14.0 Å². The number of halogens is 3. The summed E-state index contributed by atoms with van der Waals surface area (Å²) < 4.78 is 50.8. The van der Waals surface area contributed by atoms with E-state index in [4.69, 9.17) is 4.43 Å². The Morgan fingerprint density at radius 3 is 1.76 bits per heavy atom. The summed E-state index contributed by atoms with van der Waals surface area (Å²) in [6.07, 6.45) is 0. The van der Waals surface area contributed by atoms with Crippen LogP contribution in [0.15, 0.2) is 97.1 Å². The van der Waals surface area contributed by atoms with Gasteiger partial charge >= 0.3 is 0 Å². The van der Waals surface area contributed by atoms with E-state index in [1.54, 1.807) is 66.7 Å². The van der Waals surface area contributed by atoms with Gasteiger partial charge in [-0.05, 0) is 16.4 Å². The van der Waals surface area contributed by atoms with Crippen molar-refractivity contribution < 1.29 is 22.5 Å². The number of rotatable bonds is 7. The van der Waals surface area contributed by atoms with E-state index in [0.29, 0.717) is 22.5 Å². The van der Waals surface area contributed by atoms with Crippen molar-refractivity contribution in [3.05, 3.63) is 130 Å². The van der Waals surface area contributed by atoms with Crippen molar-refractivity contribution in [3.8, 4) is 0 Å². The topological polar surface area (TPSA) is 52.4 Å². The molecule has 0 radical (unpaired) electrons. The third kappa shape index (κ3) is 4.30. The second-order valence-electron chi connectivity index (χ2n) is 7.33. The Balaban J connectivity index is 1.99. The highest BCUT2D eigenvalue weighted by Gasteiger charge is 2.46. The molecule has 8 heteroatoms. The molecule has 0 atom stereocenters. The van der Waals surface area contributed by atoms with E-state index in [2.05, 4.69) is 0 Å². The molecule has 4 nitrogen and oxygen atoms in total. The minimum absolute atomic E-state index is 0.165. The van der Waals surface area contributed by atoms with Gasteiger partial charge in [0.05, 0.1) is 17.1 Å². The lowest BCUT2D eigenvalue weighted by atomic mass is 10.2. The Morgan fingerprint density at radius 2 is 1.24 bits per heavy atom. The van der Waals surface area contributed by atoms with E-state index in [9.17, 15) is 14.5 Å². The molecule has 0 N–H and O–H groups in total. The first-order chi connectivity index (χ1) is 15.9. The molecule has 4 aromatic carbocycles. The summed E-state index contributed by atoms with van der Waals surface area (Å²) >= 11 is 0. The fraction of sp³-hybridized carbons (Fsp3) is 0.0400. The average molecular weight is 466 g/mol. The standard InChI is InChI=1S/C25H18F3NO3Si/c26-19-15-22(27)25(23(28)16-19)33(20-10-3-1-4-11-20,21-12-5-2-6-13-21)32-17-18-9-7-8-14-24(18)29(30)31/h1-16H,17H2. The Labute approximate surface area is 189 Å². The van der Waals surface area contributed by atoms with E-state index in [0.717, 1.165) is 0 Å². The minimum Gasteiger partial charge on any atom is -0.399 e. The molecular formula is C25H18F3NO3Si. The highest BCUT2D eigenvalue weighted by atomic mass is 28.4. The van der Waals surface area contributed by atoms with Gasteiger partial charge in [-0.3, -0.25) is 10.1 Å². The van der Waals surface area contributed by atoms with Crippen molar-refractivity contribution >= 4 is 29.6 Å². The first-order valence-electron chi connectivity index (χ1n) is 10.1. The van der Waals surface area contributed by atoms with E-state index in [-0.39, 0.29) is 23.0 Å². The van der Waals surface area contributed by atoms with Crippen LogP contribution in [0.5, 0.6) is 0 Å². The molecule has 4 aromatic rings. The number of hydrogen-bond donors (Lipinski definition) is 0. The molecule has 0 bridgehead atoms. The van der Waals surface area contributed by atoms with Crippen LogP contribution in [-0.4, -0.2) is 13.2 Å². The number of hydrogen-bond acceptors (Lipinski definition) is 3. The van der Waals surface area contributed by atoms with Gasteiger partial charge < -0.3 is 4.43 Å². The Hall–Kier alpha value is -3.75. The molecule has 0 unspecified atom stereocenters. The van der Waals surface area contributed by atoms with Crippen LogP contribution < -0.4 is 15.6 Å². The van der Waals surface area contributed by atoms with Gasteiger partial charge in [0.1, 0.15) is 17.5 Å². The van der Waals surface area contributed by atoms with Crippen molar-refractivity contribution in [3.63, 3.8) is 0 Å². The van der Waals surface area contributed by atoms with Crippen LogP contribution in [0.4, 0.5) is 18.9 Å². The summed E-state index contributed by atoms with van der Waals surface area (Å²) in [7, 11) is -3.92. The maximum Gasteiger partial charge on any atom is 0.294 e. The summed E-state index contributed by atoms with van der Waals surface area (Å²) in [5.41, 5.74) is 0.0933. The first-order valence-corrected chi connectivity index (χ1v) is 12.0. The van der Waals surface area contributed by atoms with Crippen LogP contribution in [0.1, 0.15) is 5.56 Å². The summed E-state index contributed by atoms with van der Waals surface area (Å²) in [6.45, 7) is -0.274. The average Bonchev–Trinajstić information content (AvgIpc) is 2.82. The zero-order valence-electron chi connectivity index (χ0n) is 17.3. The van der Waals surface area contributed by atoms with E-state index in [1.807, 2.05) is 0 Å². The molecule has 0 aliphatic rings. The monoisotopic (exact) mass is 465 g/mol. The van der Waals surface area contributed by atoms with Gasteiger partial charge in [0.2, 0.25) is 0 Å². The van der Waals surface area contributed by atoms with E-state index < -0.39 is 30.7 Å². The Morgan fingerprint density at radius 1 is 0.758 bits per heavy atom. The third-order valence-corrected chi connectivity index (χ3v) is 9.40. The van der Waals surface area contributed by atoms with Crippen molar-refractivity contribution in [1.82, 2.24) is 0 Å². The lowest BCUT2D eigenvalue weighted by Gasteiger charge is -2.33. The van der Waals surface area contributed by atoms with Crippen molar-refractivity contribution in [2.75, 3.05) is 0 Å². The van der Waals surface area contributed by atoms with Crippen LogP contribution in [0.3, 0.4) is 0 Å². The van der Waals surface area contributed by atoms with E-state index >= 15 is 8.78 Å². The van der Waals surface area contributed by atoms with Gasteiger partial charge in [-0.15, -0.1) is 0 Å². The molecule has 0 aliphatic heterocycles. The normalized spacial score (nSPS) is 11.4. The summed E-state index contributed by atoms with van der Waals surface area (Å²) in [6, 6.07) is 24.4. The summed E-state index contributed by atoms with van der Waals surface area (Å²) in [5, 5.41) is 12.2. The highest BCUT2D eigenvalue weighted by Crippen LogP contribution is 2.22. The smallest absolute Gasteiger partial charge is 0.294 e. The van der Waals surface area contributed by atoms with Gasteiger partial charge in [-0.2, -0.15) is 0 Å². The SMILES string of the molecule is O=[N+]([O-])c1ccccc1CO[Si](c1ccccc1)(c1ccccc1)c1c(F)cc(F)cc1F. The molecule has 0 amide bonds. The second kappa shape index (κ2) is 9.39. The number of nitrogens with zero attached hydrogens (tertiary/aromatic N) is 1. The third-order valence-electron chi connectivity index (χ3n) is 5.35. The number of benzene rings is 4. The van der Waals surface area contributed by atoms with Gasteiger partial charge in [-0.25, -0.2) is 13.2 Å². The number of nitro groups is 1. The molecule has 4 rings (SSSR count). The maximum atomic E-state index is 15.3. The largest absolute Gasteiger partial charge is 0.399 e. The molecule has 166 valence electrons. The molecule has 0 heterocycles. The lowest BCUT2D eigenvalue weighted by molar-refractivity contribution is -0.385. The van der Waals surface area contributed by atoms with E-state index in [1.165, 1.54) is 18.2 Å². The van der Waals surface area contributed by atoms with Crippen LogP contribution in [0, 0.1) is 27.6 Å². The number of para-hydroxylation sites is 1. The fourth-order valence-corrected chi connectivity index (χ4v) is 7.82. The summed E-state index contributed by atoms with van der Waals surface area (Å²) in [4.78, 5) is 11.0. The molecule has 33 heavy (non-hydrogen) atoms. The van der Waals surface area contributed by atoms with Crippen LogP contribution >= 0.6 is 0 Å². The Bertz CT molecular complexity index is 1220. The molecule has 0 fully saturated rings. The van der Waals surface area contributed by atoms with Gasteiger partial charge in [-0.1, -0.05) is 72.8 Å². The molecule has 0 spiro atoms. The first kappa shape index (κ1) is 22.4. The second-order valence-corrected chi connectivity index (χ2v) is 10.6. The number of nitro benzene ring substituents is 1. The van der Waals surface area contributed by atoms with Gasteiger partial charge in [0.15, 0.2) is 0 Å². The molecular weight excluding hydrogens is 447 g/mol. The molecule has 0 aliphatic carbocycles. The zero-order valence-corrected chi connectivity index (χ0v) is 18.3. The molecule has 0 saturated heterocycles. The Kier molecular flexibility index (Phi) is 6.39.